The molecule has 0 amide bonds. The number of hydrogen-bond acceptors (Lipinski definition) is 1. The maximum Gasteiger partial charge on any atom is 0.0542 e. The number of aromatic nitrogens is 1. The zero-order valence-electron chi connectivity index (χ0n) is 21.1. The molecule has 0 N–H and O–H groups in total. The maximum atomic E-state index is 2.45. The summed E-state index contributed by atoms with van der Waals surface area (Å²) in [5, 5.41) is 2.55. The Balaban J connectivity index is 1.71. The number of rotatable bonds is 3. The minimum Gasteiger partial charge on any atom is -0.336 e. The van der Waals surface area contributed by atoms with Crippen LogP contribution in [0.1, 0.15) is 47.1 Å². The Kier molecular flexibility index (Phi) is 5.28. The summed E-state index contributed by atoms with van der Waals surface area (Å²) in [6.07, 6.45) is 0. The number of hydrogen-bond donors (Lipinski definition) is 0. The highest BCUT2D eigenvalue weighted by Gasteiger charge is 2.25. The van der Waals surface area contributed by atoms with Crippen LogP contribution in [0.3, 0.4) is 0 Å². The van der Waals surface area contributed by atoms with Gasteiger partial charge in [0.05, 0.1) is 11.0 Å². The molecule has 0 saturated heterocycles. The highest BCUT2D eigenvalue weighted by molar-refractivity contribution is 6.10. The van der Waals surface area contributed by atoms with E-state index in [0.717, 1.165) is 0 Å². The molecule has 0 radical (unpaired) electrons. The van der Waals surface area contributed by atoms with Crippen LogP contribution in [0.2, 0.25) is 0 Å². The fourth-order valence-corrected chi connectivity index (χ4v) is 4.99. The van der Waals surface area contributed by atoms with Crippen LogP contribution in [-0.4, -0.2) is 10.1 Å². The molecule has 0 fully saturated rings. The van der Waals surface area contributed by atoms with Gasteiger partial charge >= 0.3 is 0 Å². The third-order valence-electron chi connectivity index (χ3n) is 6.59. The highest BCUT2D eigenvalue weighted by Crippen LogP contribution is 2.39. The molecular weight excluding hydrogens is 412 g/mol. The maximum absolute atomic E-state index is 2.45. The predicted octanol–water partition coefficient (Wildman–Crippen LogP) is 9.02. The summed E-state index contributed by atoms with van der Waals surface area (Å²) in [7, 11) is 0. The number of anilines is 2. The van der Waals surface area contributed by atoms with Crippen molar-refractivity contribution >= 4 is 33.2 Å². The van der Waals surface area contributed by atoms with Crippen molar-refractivity contribution < 1.29 is 0 Å². The third kappa shape index (κ3) is 3.88. The molecule has 0 aliphatic heterocycles. The highest BCUT2D eigenvalue weighted by atomic mass is 15.2. The van der Waals surface area contributed by atoms with E-state index in [9.17, 15) is 0 Å². The Labute approximate surface area is 203 Å². The van der Waals surface area contributed by atoms with Crippen molar-refractivity contribution in [2.24, 2.45) is 0 Å². The lowest BCUT2D eigenvalue weighted by Crippen LogP contribution is -2.37. The molecule has 0 saturated carbocycles. The number of fused-ring (bicyclic) bond motifs is 3. The Morgan fingerprint density at radius 3 is 1.79 bits per heavy atom. The van der Waals surface area contributed by atoms with Gasteiger partial charge in [0.15, 0.2) is 0 Å². The van der Waals surface area contributed by atoms with Crippen molar-refractivity contribution in [3.8, 4) is 5.69 Å². The zero-order valence-corrected chi connectivity index (χ0v) is 21.1. The molecule has 172 valence electrons. The molecule has 0 spiro atoms. The van der Waals surface area contributed by atoms with Crippen LogP contribution >= 0.6 is 0 Å². The van der Waals surface area contributed by atoms with Crippen molar-refractivity contribution in [2.75, 3.05) is 4.90 Å². The van der Waals surface area contributed by atoms with Crippen LogP contribution in [-0.2, 0) is 5.41 Å². The molecule has 0 bridgehead atoms. The van der Waals surface area contributed by atoms with E-state index in [1.54, 1.807) is 0 Å². The Morgan fingerprint density at radius 1 is 0.559 bits per heavy atom. The Hall–Kier alpha value is -3.52. The fourth-order valence-electron chi connectivity index (χ4n) is 4.99. The summed E-state index contributed by atoms with van der Waals surface area (Å²) in [6.45, 7) is 13.6. The van der Waals surface area contributed by atoms with Gasteiger partial charge in [0, 0.05) is 33.4 Å². The molecule has 34 heavy (non-hydrogen) atoms. The largest absolute Gasteiger partial charge is 0.336 e. The molecule has 2 nitrogen and oxygen atoms in total. The second kappa shape index (κ2) is 8.06. The summed E-state index contributed by atoms with van der Waals surface area (Å²) in [4.78, 5) is 2.45. The molecule has 2 heteroatoms. The van der Waals surface area contributed by atoms with Crippen LogP contribution in [0.4, 0.5) is 11.4 Å². The van der Waals surface area contributed by atoms with E-state index in [2.05, 4.69) is 148 Å². The molecule has 5 aromatic rings. The van der Waals surface area contributed by atoms with Gasteiger partial charge in [0.25, 0.3) is 0 Å². The molecule has 1 aromatic heterocycles. The fraction of sp³-hybridized carbons (Fsp3) is 0.250. The molecule has 5 rings (SSSR count). The van der Waals surface area contributed by atoms with Crippen LogP contribution < -0.4 is 4.90 Å². The van der Waals surface area contributed by atoms with E-state index in [4.69, 9.17) is 0 Å². The minimum atomic E-state index is -0.0747. The molecule has 0 aliphatic rings. The van der Waals surface area contributed by atoms with E-state index < -0.39 is 0 Å². The average molecular weight is 447 g/mol. The van der Waals surface area contributed by atoms with Crippen LogP contribution in [0, 0.1) is 0 Å². The van der Waals surface area contributed by atoms with E-state index in [0.29, 0.717) is 0 Å². The lowest BCUT2D eigenvalue weighted by atomic mass is 9.87. The van der Waals surface area contributed by atoms with Crippen molar-refractivity contribution in [3.63, 3.8) is 0 Å². The van der Waals surface area contributed by atoms with Crippen molar-refractivity contribution in [1.29, 1.82) is 0 Å². The second-order valence-electron chi connectivity index (χ2n) is 11.2. The van der Waals surface area contributed by atoms with E-state index >= 15 is 0 Å². The smallest absolute Gasteiger partial charge is 0.0542 e. The van der Waals surface area contributed by atoms with Gasteiger partial charge in [0.1, 0.15) is 0 Å². The zero-order chi connectivity index (χ0) is 24.1. The van der Waals surface area contributed by atoms with Crippen LogP contribution in [0.5, 0.6) is 0 Å². The Morgan fingerprint density at radius 2 is 1.15 bits per heavy atom. The van der Waals surface area contributed by atoms with Gasteiger partial charge in [-0.05, 0) is 80.3 Å². The summed E-state index contributed by atoms with van der Waals surface area (Å²) in [5.41, 5.74) is 7.49. The Bertz CT molecular complexity index is 1440. The molecule has 0 atom stereocenters. The van der Waals surface area contributed by atoms with Gasteiger partial charge < -0.3 is 9.47 Å². The first-order valence-corrected chi connectivity index (χ1v) is 12.1. The van der Waals surface area contributed by atoms with E-state index in [1.807, 2.05) is 0 Å². The van der Waals surface area contributed by atoms with Gasteiger partial charge in [0.2, 0.25) is 0 Å². The topological polar surface area (TPSA) is 8.17 Å². The van der Waals surface area contributed by atoms with Crippen LogP contribution in [0.15, 0.2) is 97.1 Å². The van der Waals surface area contributed by atoms with Gasteiger partial charge in [-0.3, -0.25) is 0 Å². The molecule has 4 aromatic carbocycles. The summed E-state index contributed by atoms with van der Waals surface area (Å²) in [5.74, 6) is 0. The second-order valence-corrected chi connectivity index (χ2v) is 11.2. The minimum absolute atomic E-state index is 0.0747. The van der Waals surface area contributed by atoms with Crippen molar-refractivity contribution in [2.45, 2.75) is 52.5 Å². The van der Waals surface area contributed by atoms with E-state index in [1.165, 1.54) is 44.4 Å². The summed E-state index contributed by atoms with van der Waals surface area (Å²) in [6, 6.07) is 35.3. The number of nitrogens with zero attached hydrogens (tertiary/aromatic N) is 2. The summed E-state index contributed by atoms with van der Waals surface area (Å²) >= 11 is 0. The quantitative estimate of drug-likeness (QED) is 0.268. The normalized spacial score (nSPS) is 12.4. The first-order chi connectivity index (χ1) is 16.1. The first-order valence-electron chi connectivity index (χ1n) is 12.1. The number of para-hydroxylation sites is 2. The van der Waals surface area contributed by atoms with Crippen LogP contribution in [0.25, 0.3) is 27.5 Å². The monoisotopic (exact) mass is 446 g/mol. The van der Waals surface area contributed by atoms with Crippen molar-refractivity contribution in [1.82, 2.24) is 4.57 Å². The lowest BCUT2D eigenvalue weighted by molar-refractivity contribution is 0.559. The first kappa shape index (κ1) is 22.3. The lowest BCUT2D eigenvalue weighted by Gasteiger charge is -2.38. The average Bonchev–Trinajstić information content (AvgIpc) is 3.12. The SMILES string of the molecule is CC(C)(C)c1ccc(N(c2ccc3c(c2)c2ccccc2n3-c2ccccc2)C(C)(C)C)cc1. The predicted molar refractivity (Wildman–Crippen MR) is 148 cm³/mol. The van der Waals surface area contributed by atoms with Gasteiger partial charge in [-0.1, -0.05) is 69.3 Å². The van der Waals surface area contributed by atoms with E-state index in [-0.39, 0.29) is 11.0 Å². The molecular formula is C32H34N2. The standard InChI is InChI=1S/C32H34N2/c1-31(2,3)23-16-18-25(19-17-23)34(32(4,5)6)26-20-21-30-28(22-26)27-14-10-11-15-29(27)33(30)24-12-8-7-9-13-24/h7-22H,1-6H3. The molecule has 0 aliphatic carbocycles. The van der Waals surface area contributed by atoms with Gasteiger partial charge in [-0.2, -0.15) is 0 Å². The molecule has 1 heterocycles. The summed E-state index contributed by atoms with van der Waals surface area (Å²) < 4.78 is 2.37. The third-order valence-corrected chi connectivity index (χ3v) is 6.59. The van der Waals surface area contributed by atoms with Gasteiger partial charge in [-0.25, -0.2) is 0 Å². The molecule has 0 unspecified atom stereocenters. The van der Waals surface area contributed by atoms with Crippen molar-refractivity contribution in [3.05, 3.63) is 103 Å². The van der Waals surface area contributed by atoms with Gasteiger partial charge in [-0.15, -0.1) is 0 Å². The number of benzene rings is 4.